The second-order valence-corrected chi connectivity index (χ2v) is 6.11. The maximum Gasteiger partial charge on any atom is 0.452 e. The van der Waals surface area contributed by atoms with Gasteiger partial charge >= 0.3 is 5.04 Å². The third-order valence-electron chi connectivity index (χ3n) is 2.41. The van der Waals surface area contributed by atoms with Crippen LogP contribution in [0.25, 0.3) is 5.53 Å². The molecule has 0 amide bonds. The smallest absolute Gasteiger partial charge is 0.360 e. The van der Waals surface area contributed by atoms with E-state index in [1.54, 1.807) is 12.1 Å². The number of benzene rings is 1. The highest BCUT2D eigenvalue weighted by molar-refractivity contribution is 8.08. The van der Waals surface area contributed by atoms with Crippen molar-refractivity contribution >= 4 is 20.7 Å². The fourth-order valence-electron chi connectivity index (χ4n) is 1.31. The summed E-state index contributed by atoms with van der Waals surface area (Å²) < 4.78 is 24.2. The Labute approximate surface area is 106 Å². The molecule has 0 N–H and O–H groups in total. The van der Waals surface area contributed by atoms with E-state index in [0.29, 0.717) is 0 Å². The van der Waals surface area contributed by atoms with E-state index < -0.39 is 26.6 Å². The number of carbonyl (C=O) groups is 1. The van der Waals surface area contributed by atoms with Gasteiger partial charge in [0.1, 0.15) is 0 Å². The van der Waals surface area contributed by atoms with Crippen molar-refractivity contribution in [2.45, 2.75) is 25.7 Å². The van der Waals surface area contributed by atoms with Crippen molar-refractivity contribution in [2.75, 3.05) is 0 Å². The highest BCUT2D eigenvalue weighted by Crippen LogP contribution is 2.15. The molecule has 0 radical (unpaired) electrons. The maximum atomic E-state index is 12.1. The summed E-state index contributed by atoms with van der Waals surface area (Å²) in [6.45, 7) is 4.90. The normalized spacial score (nSPS) is 11.1. The monoisotopic (exact) mass is 266 g/mol. The quantitative estimate of drug-likeness (QED) is 0.360. The molecular weight excluding hydrogens is 252 g/mol. The van der Waals surface area contributed by atoms with Gasteiger partial charge in [0.2, 0.25) is 0 Å². The number of carbonyl (C=O) groups excluding carboxylic acids is 1. The van der Waals surface area contributed by atoms with Crippen LogP contribution in [0.1, 0.15) is 19.4 Å². The highest BCUT2D eigenvalue weighted by atomic mass is 32.2. The van der Waals surface area contributed by atoms with E-state index in [1.165, 1.54) is 26.0 Å². The fraction of sp³-hybridized carbons (Fsp3) is 0.333. The summed E-state index contributed by atoms with van der Waals surface area (Å²) in [6, 6.07) is 5.98. The SMILES string of the molecule is Cc1ccc(S(=O)(=O)C(=[N+]=[N-])C(=O)C(C)C)cc1. The Morgan fingerprint density at radius 2 is 1.72 bits per heavy atom. The summed E-state index contributed by atoms with van der Waals surface area (Å²) in [7, 11) is -4.06. The molecule has 1 aromatic carbocycles. The van der Waals surface area contributed by atoms with Crippen LogP contribution in [0.15, 0.2) is 29.2 Å². The molecule has 0 aliphatic rings. The Hall–Kier alpha value is -1.78. The first-order valence-corrected chi connectivity index (χ1v) is 6.87. The van der Waals surface area contributed by atoms with Crippen molar-refractivity contribution < 1.29 is 18.0 Å². The minimum absolute atomic E-state index is 0.0603. The van der Waals surface area contributed by atoms with Crippen LogP contribution in [0.2, 0.25) is 0 Å². The van der Waals surface area contributed by atoms with Gasteiger partial charge in [-0.05, 0) is 19.1 Å². The van der Waals surface area contributed by atoms with E-state index in [1.807, 2.05) is 6.92 Å². The van der Waals surface area contributed by atoms with Gasteiger partial charge in [0.25, 0.3) is 15.6 Å². The van der Waals surface area contributed by atoms with Crippen LogP contribution in [0.4, 0.5) is 0 Å². The summed E-state index contributed by atoms with van der Waals surface area (Å²) in [4.78, 5) is 14.3. The van der Waals surface area contributed by atoms with Crippen molar-refractivity contribution in [2.24, 2.45) is 5.92 Å². The molecule has 0 aromatic heterocycles. The molecule has 0 spiro atoms. The topological polar surface area (TPSA) is 87.6 Å². The van der Waals surface area contributed by atoms with Crippen LogP contribution in [-0.4, -0.2) is 24.0 Å². The van der Waals surface area contributed by atoms with Crippen LogP contribution in [-0.2, 0) is 14.6 Å². The lowest BCUT2D eigenvalue weighted by atomic mass is 10.1. The number of aryl methyl sites for hydroxylation is 1. The lowest BCUT2D eigenvalue weighted by Crippen LogP contribution is -2.29. The minimum atomic E-state index is -4.06. The van der Waals surface area contributed by atoms with Gasteiger partial charge in [-0.1, -0.05) is 31.5 Å². The highest BCUT2D eigenvalue weighted by Gasteiger charge is 2.38. The number of Topliss-reactive ketones (excluding diaryl/α,β-unsaturated/α-hetero) is 1. The van der Waals surface area contributed by atoms with Crippen molar-refractivity contribution in [3.05, 3.63) is 35.4 Å². The molecule has 96 valence electrons. The fourth-order valence-corrected chi connectivity index (χ4v) is 2.64. The van der Waals surface area contributed by atoms with Crippen molar-refractivity contribution in [1.82, 2.24) is 0 Å². The number of nitrogens with zero attached hydrogens (tertiary/aromatic N) is 2. The van der Waals surface area contributed by atoms with Gasteiger partial charge in [0.05, 0.1) is 4.90 Å². The van der Waals surface area contributed by atoms with Crippen molar-refractivity contribution in [3.8, 4) is 0 Å². The molecule has 0 fully saturated rings. The lowest BCUT2D eigenvalue weighted by molar-refractivity contribution is -0.119. The number of sulfone groups is 1. The predicted octanol–water partition coefficient (Wildman–Crippen LogP) is 1.62. The zero-order chi connectivity index (χ0) is 13.9. The van der Waals surface area contributed by atoms with E-state index in [4.69, 9.17) is 5.53 Å². The van der Waals surface area contributed by atoms with E-state index >= 15 is 0 Å². The first-order valence-electron chi connectivity index (χ1n) is 5.38. The second kappa shape index (κ2) is 5.25. The first kappa shape index (κ1) is 14.3. The summed E-state index contributed by atoms with van der Waals surface area (Å²) in [5.41, 5.74) is 9.68. The molecule has 5 nitrogen and oxygen atoms in total. The van der Waals surface area contributed by atoms with Gasteiger partial charge in [0.15, 0.2) is 0 Å². The third-order valence-corrected chi connectivity index (χ3v) is 4.10. The van der Waals surface area contributed by atoms with Gasteiger partial charge < -0.3 is 5.53 Å². The second-order valence-electron chi connectivity index (χ2n) is 4.24. The minimum Gasteiger partial charge on any atom is -0.360 e. The van der Waals surface area contributed by atoms with Crippen LogP contribution in [0.5, 0.6) is 0 Å². The molecule has 0 heterocycles. The van der Waals surface area contributed by atoms with Gasteiger partial charge in [-0.15, -0.1) is 4.79 Å². The number of hydrogen-bond donors (Lipinski definition) is 0. The zero-order valence-electron chi connectivity index (χ0n) is 10.4. The first-order chi connectivity index (χ1) is 8.30. The third kappa shape index (κ3) is 2.72. The number of rotatable bonds is 3. The van der Waals surface area contributed by atoms with Crippen LogP contribution in [0, 0.1) is 12.8 Å². The molecule has 18 heavy (non-hydrogen) atoms. The molecule has 0 aliphatic heterocycles. The van der Waals surface area contributed by atoms with Gasteiger partial charge in [-0.2, -0.15) is 0 Å². The predicted molar refractivity (Wildman–Crippen MR) is 66.8 cm³/mol. The van der Waals surface area contributed by atoms with Crippen LogP contribution < -0.4 is 0 Å². The molecule has 0 unspecified atom stereocenters. The Bertz CT molecular complexity index is 609. The molecule has 0 aliphatic carbocycles. The maximum absolute atomic E-state index is 12.1. The average molecular weight is 266 g/mol. The van der Waals surface area contributed by atoms with E-state index in [0.717, 1.165) is 5.56 Å². The Balaban J connectivity index is 3.34. The molecule has 0 saturated heterocycles. The van der Waals surface area contributed by atoms with Gasteiger partial charge in [0, 0.05) is 5.92 Å². The summed E-state index contributed by atoms with van der Waals surface area (Å²) in [5, 5.41) is -0.818. The summed E-state index contributed by atoms with van der Waals surface area (Å²) >= 11 is 0. The number of hydrogen-bond acceptors (Lipinski definition) is 3. The average Bonchev–Trinajstić information content (AvgIpc) is 2.29. The number of ketones is 1. The summed E-state index contributed by atoms with van der Waals surface area (Å²) in [6.07, 6.45) is 0. The van der Waals surface area contributed by atoms with E-state index in [2.05, 4.69) is 4.79 Å². The lowest BCUT2D eigenvalue weighted by Gasteiger charge is -2.02. The van der Waals surface area contributed by atoms with Crippen molar-refractivity contribution in [1.29, 1.82) is 0 Å². The van der Waals surface area contributed by atoms with E-state index in [-0.39, 0.29) is 4.90 Å². The molecule has 1 aromatic rings. The zero-order valence-corrected chi connectivity index (χ0v) is 11.2. The standard InChI is InChI=1S/C12H14N2O3S/c1-8(2)11(15)12(14-13)18(16,17)10-6-4-9(3)5-7-10/h4-8H,1-3H3. The van der Waals surface area contributed by atoms with Gasteiger partial charge in [-0.25, -0.2) is 8.42 Å². The molecule has 6 heteroatoms. The van der Waals surface area contributed by atoms with Crippen LogP contribution in [0.3, 0.4) is 0 Å². The molecule has 0 saturated carbocycles. The van der Waals surface area contributed by atoms with Crippen LogP contribution >= 0.6 is 0 Å². The largest absolute Gasteiger partial charge is 0.452 e. The van der Waals surface area contributed by atoms with E-state index in [9.17, 15) is 13.2 Å². The summed E-state index contributed by atoms with van der Waals surface area (Å²) in [5.74, 6) is -1.27. The Morgan fingerprint density at radius 1 is 1.22 bits per heavy atom. The Kier molecular flexibility index (Phi) is 4.16. The molecule has 0 bridgehead atoms. The van der Waals surface area contributed by atoms with Crippen molar-refractivity contribution in [3.63, 3.8) is 0 Å². The molecule has 0 atom stereocenters. The molecule has 1 rings (SSSR count). The molecular formula is C12H14N2O3S. The Morgan fingerprint density at radius 3 is 2.11 bits per heavy atom. The van der Waals surface area contributed by atoms with Gasteiger partial charge in [-0.3, -0.25) is 4.79 Å².